The lowest BCUT2D eigenvalue weighted by molar-refractivity contribution is -0.149. The molecule has 3 N–H and O–H groups in total. The van der Waals surface area contributed by atoms with E-state index < -0.39 is 42.5 Å². The van der Waals surface area contributed by atoms with Gasteiger partial charge in [0.1, 0.15) is 24.6 Å². The molecule has 0 aliphatic rings. The maximum Gasteiger partial charge on any atom is 0.406 e. The normalized spacial score (nSPS) is 11.2. The van der Waals surface area contributed by atoms with Crippen LogP contribution in [0.25, 0.3) is 0 Å². The standard InChI is InChI=1S/C11H10F3NO5/c12-11(13,14)5-15(4-9(18)19)10(20)7-2-1-6(16)3-8(7)17/h1-3,16-17H,4-5H2,(H,18,19). The van der Waals surface area contributed by atoms with E-state index in [0.29, 0.717) is 0 Å². The second-order valence-electron chi connectivity index (χ2n) is 3.87. The van der Waals surface area contributed by atoms with Gasteiger partial charge in [0.05, 0.1) is 5.56 Å². The number of benzene rings is 1. The lowest BCUT2D eigenvalue weighted by Gasteiger charge is -2.22. The van der Waals surface area contributed by atoms with Crippen LogP contribution in [0.3, 0.4) is 0 Å². The van der Waals surface area contributed by atoms with E-state index >= 15 is 0 Å². The number of aromatic hydroxyl groups is 2. The molecule has 1 aromatic rings. The average Bonchev–Trinajstić information content (AvgIpc) is 2.24. The van der Waals surface area contributed by atoms with Gasteiger partial charge in [-0.1, -0.05) is 0 Å². The highest BCUT2D eigenvalue weighted by Crippen LogP contribution is 2.25. The summed E-state index contributed by atoms with van der Waals surface area (Å²) >= 11 is 0. The van der Waals surface area contributed by atoms with Crippen LogP contribution in [-0.2, 0) is 4.79 Å². The molecule has 0 spiro atoms. The second kappa shape index (κ2) is 5.68. The number of alkyl halides is 3. The molecule has 0 aliphatic carbocycles. The molecule has 1 amide bonds. The monoisotopic (exact) mass is 293 g/mol. The van der Waals surface area contributed by atoms with Crippen LogP contribution < -0.4 is 0 Å². The summed E-state index contributed by atoms with van der Waals surface area (Å²) in [5, 5.41) is 27.0. The number of carbonyl (C=O) groups is 2. The maximum absolute atomic E-state index is 12.3. The minimum atomic E-state index is -4.78. The Morgan fingerprint density at radius 1 is 1.20 bits per heavy atom. The fraction of sp³-hybridized carbons (Fsp3) is 0.273. The molecular weight excluding hydrogens is 283 g/mol. The number of halogens is 3. The molecule has 0 atom stereocenters. The number of nitrogens with zero attached hydrogens (tertiary/aromatic N) is 1. The van der Waals surface area contributed by atoms with Crippen LogP contribution in [-0.4, -0.2) is 51.4 Å². The van der Waals surface area contributed by atoms with Crippen molar-refractivity contribution in [1.29, 1.82) is 0 Å². The fourth-order valence-electron chi connectivity index (χ4n) is 1.45. The molecule has 9 heteroatoms. The summed E-state index contributed by atoms with van der Waals surface area (Å²) in [7, 11) is 0. The third-order valence-corrected chi connectivity index (χ3v) is 2.20. The van der Waals surface area contributed by atoms with Crippen LogP contribution in [0, 0.1) is 0 Å². The molecule has 0 saturated heterocycles. The SMILES string of the molecule is O=C(O)CN(CC(F)(F)F)C(=O)c1ccc(O)cc1O. The Balaban J connectivity index is 3.06. The fourth-order valence-corrected chi connectivity index (χ4v) is 1.45. The molecular formula is C11H10F3NO5. The van der Waals surface area contributed by atoms with Crippen LogP contribution in [0.15, 0.2) is 18.2 Å². The molecule has 6 nitrogen and oxygen atoms in total. The lowest BCUT2D eigenvalue weighted by Crippen LogP contribution is -2.42. The van der Waals surface area contributed by atoms with Crippen molar-refractivity contribution in [3.8, 4) is 11.5 Å². The van der Waals surface area contributed by atoms with Crippen molar-refractivity contribution in [3.05, 3.63) is 23.8 Å². The molecule has 0 unspecified atom stereocenters. The van der Waals surface area contributed by atoms with Gasteiger partial charge in [-0.25, -0.2) is 0 Å². The molecule has 1 rings (SSSR count). The third kappa shape index (κ3) is 4.34. The summed E-state index contributed by atoms with van der Waals surface area (Å²) in [5.41, 5.74) is -0.534. The summed E-state index contributed by atoms with van der Waals surface area (Å²) < 4.78 is 36.9. The van der Waals surface area contributed by atoms with Crippen LogP contribution in [0.4, 0.5) is 13.2 Å². The van der Waals surface area contributed by atoms with E-state index in [1.54, 1.807) is 0 Å². The summed E-state index contributed by atoms with van der Waals surface area (Å²) in [5.74, 6) is -4.06. The van der Waals surface area contributed by atoms with E-state index in [0.717, 1.165) is 18.2 Å². The highest BCUT2D eigenvalue weighted by atomic mass is 19.4. The van der Waals surface area contributed by atoms with Crippen LogP contribution in [0.1, 0.15) is 10.4 Å². The Morgan fingerprint density at radius 3 is 2.25 bits per heavy atom. The quantitative estimate of drug-likeness (QED) is 0.774. The summed E-state index contributed by atoms with van der Waals surface area (Å²) in [6.07, 6.45) is -4.78. The van der Waals surface area contributed by atoms with Crippen molar-refractivity contribution < 1.29 is 38.1 Å². The van der Waals surface area contributed by atoms with E-state index in [9.17, 15) is 27.9 Å². The Labute approximate surface area is 110 Å². The van der Waals surface area contributed by atoms with Gasteiger partial charge in [0.2, 0.25) is 0 Å². The topological polar surface area (TPSA) is 98.1 Å². The number of carboxylic acid groups (broad SMARTS) is 1. The zero-order valence-electron chi connectivity index (χ0n) is 9.89. The van der Waals surface area contributed by atoms with E-state index in [-0.39, 0.29) is 10.6 Å². The molecule has 20 heavy (non-hydrogen) atoms. The smallest absolute Gasteiger partial charge is 0.406 e. The third-order valence-electron chi connectivity index (χ3n) is 2.20. The van der Waals surface area contributed by atoms with Crippen LogP contribution in [0.5, 0.6) is 11.5 Å². The largest absolute Gasteiger partial charge is 0.508 e. The summed E-state index contributed by atoms with van der Waals surface area (Å²) in [4.78, 5) is 22.4. The van der Waals surface area contributed by atoms with Crippen molar-refractivity contribution in [1.82, 2.24) is 4.90 Å². The first kappa shape index (κ1) is 15.6. The van der Waals surface area contributed by atoms with Gasteiger partial charge in [-0.05, 0) is 12.1 Å². The zero-order valence-corrected chi connectivity index (χ0v) is 9.89. The number of amides is 1. The van der Waals surface area contributed by atoms with Crippen LogP contribution in [0.2, 0.25) is 0 Å². The Bertz CT molecular complexity index is 529. The number of aliphatic carboxylic acids is 1. The predicted molar refractivity (Wildman–Crippen MR) is 59.4 cm³/mol. The van der Waals surface area contributed by atoms with Gasteiger partial charge in [0.15, 0.2) is 0 Å². The number of phenols is 2. The Hall–Kier alpha value is -2.45. The summed E-state index contributed by atoms with van der Waals surface area (Å²) in [6, 6.07) is 2.65. The second-order valence-corrected chi connectivity index (χ2v) is 3.87. The lowest BCUT2D eigenvalue weighted by atomic mass is 10.1. The number of carbonyl (C=O) groups excluding carboxylic acids is 1. The van der Waals surface area contributed by atoms with Crippen molar-refractivity contribution in [2.24, 2.45) is 0 Å². The number of carboxylic acids is 1. The van der Waals surface area contributed by atoms with Gasteiger partial charge in [-0.15, -0.1) is 0 Å². The number of phenolic OH excluding ortho intramolecular Hbond substituents is 2. The highest BCUT2D eigenvalue weighted by Gasteiger charge is 2.35. The van der Waals surface area contributed by atoms with Crippen molar-refractivity contribution in [3.63, 3.8) is 0 Å². The van der Waals surface area contributed by atoms with E-state index in [4.69, 9.17) is 10.2 Å². The number of rotatable bonds is 4. The average molecular weight is 293 g/mol. The molecule has 0 heterocycles. The molecule has 0 saturated carbocycles. The Kier molecular flexibility index (Phi) is 4.43. The van der Waals surface area contributed by atoms with Gasteiger partial charge in [0, 0.05) is 6.07 Å². The van der Waals surface area contributed by atoms with Gasteiger partial charge in [0.25, 0.3) is 5.91 Å². The van der Waals surface area contributed by atoms with Gasteiger partial charge < -0.3 is 20.2 Å². The molecule has 0 fully saturated rings. The van der Waals surface area contributed by atoms with Gasteiger partial charge >= 0.3 is 12.1 Å². The number of hydrogen-bond donors (Lipinski definition) is 3. The molecule has 0 aromatic heterocycles. The highest BCUT2D eigenvalue weighted by molar-refractivity contribution is 5.98. The number of hydrogen-bond acceptors (Lipinski definition) is 4. The van der Waals surface area contributed by atoms with Gasteiger partial charge in [-0.3, -0.25) is 9.59 Å². The van der Waals surface area contributed by atoms with Gasteiger partial charge in [-0.2, -0.15) is 13.2 Å². The first-order chi connectivity index (χ1) is 9.10. The maximum atomic E-state index is 12.3. The van der Waals surface area contributed by atoms with Crippen molar-refractivity contribution in [2.45, 2.75) is 6.18 Å². The van der Waals surface area contributed by atoms with Crippen molar-refractivity contribution in [2.75, 3.05) is 13.1 Å². The molecule has 110 valence electrons. The predicted octanol–water partition coefficient (Wildman–Crippen LogP) is 1.19. The molecule has 0 radical (unpaired) electrons. The van der Waals surface area contributed by atoms with Crippen molar-refractivity contribution >= 4 is 11.9 Å². The first-order valence-electron chi connectivity index (χ1n) is 5.20. The summed E-state index contributed by atoms with van der Waals surface area (Å²) in [6.45, 7) is -2.93. The molecule has 0 aliphatic heterocycles. The minimum absolute atomic E-state index is 0.0361. The molecule has 1 aromatic carbocycles. The molecule has 0 bridgehead atoms. The van der Waals surface area contributed by atoms with E-state index in [2.05, 4.69) is 0 Å². The zero-order chi connectivity index (χ0) is 15.5. The Morgan fingerprint density at radius 2 is 1.80 bits per heavy atom. The first-order valence-corrected chi connectivity index (χ1v) is 5.20. The van der Waals surface area contributed by atoms with Crippen LogP contribution >= 0.6 is 0 Å². The van der Waals surface area contributed by atoms with E-state index in [1.807, 2.05) is 0 Å². The minimum Gasteiger partial charge on any atom is -0.508 e. The van der Waals surface area contributed by atoms with E-state index in [1.165, 1.54) is 0 Å².